The molecule has 1 fully saturated rings. The van der Waals surface area contributed by atoms with Gasteiger partial charge in [0.1, 0.15) is 0 Å². The zero-order valence-corrected chi connectivity index (χ0v) is 11.9. The number of Topliss-reactive ketones (excluding diaryl/α,β-unsaturated/α-hetero) is 1. The Balaban J connectivity index is 1.65. The Morgan fingerprint density at radius 2 is 2.00 bits per heavy atom. The second-order valence-electron chi connectivity index (χ2n) is 6.18. The summed E-state index contributed by atoms with van der Waals surface area (Å²) in [5.74, 6) is 0.925. The zero-order chi connectivity index (χ0) is 13.9. The third kappa shape index (κ3) is 2.88. The molecule has 1 saturated carbocycles. The maximum atomic E-state index is 11.9. The number of anilines is 1. The molecule has 3 heteroatoms. The Kier molecular flexibility index (Phi) is 4.06. The predicted octanol–water partition coefficient (Wildman–Crippen LogP) is 3.02. The normalized spacial score (nSPS) is 21.1. The molecule has 0 bridgehead atoms. The van der Waals surface area contributed by atoms with E-state index in [9.17, 15) is 9.90 Å². The minimum atomic E-state index is -0.278. The van der Waals surface area contributed by atoms with Crippen LogP contribution in [-0.2, 0) is 0 Å². The summed E-state index contributed by atoms with van der Waals surface area (Å²) in [5.41, 5.74) is 1.81. The molecular weight excluding hydrogens is 250 g/mol. The van der Waals surface area contributed by atoms with Crippen molar-refractivity contribution in [3.63, 3.8) is 0 Å². The van der Waals surface area contributed by atoms with Crippen LogP contribution >= 0.6 is 0 Å². The number of nitrogens with zero attached hydrogens (tertiary/aromatic N) is 1. The first-order valence-electron chi connectivity index (χ1n) is 7.79. The molecule has 2 aliphatic rings. The highest BCUT2D eigenvalue weighted by Crippen LogP contribution is 2.30. The van der Waals surface area contributed by atoms with Gasteiger partial charge in [0, 0.05) is 30.8 Å². The van der Waals surface area contributed by atoms with Gasteiger partial charge >= 0.3 is 0 Å². The molecule has 0 radical (unpaired) electrons. The topological polar surface area (TPSA) is 40.5 Å². The van der Waals surface area contributed by atoms with Gasteiger partial charge in [0.25, 0.3) is 0 Å². The van der Waals surface area contributed by atoms with E-state index in [0.29, 0.717) is 18.9 Å². The molecule has 1 aliphatic carbocycles. The highest BCUT2D eigenvalue weighted by molar-refractivity contribution is 6.03. The van der Waals surface area contributed by atoms with Crippen LogP contribution in [-0.4, -0.2) is 30.1 Å². The van der Waals surface area contributed by atoms with Crippen molar-refractivity contribution in [2.24, 2.45) is 5.92 Å². The lowest BCUT2D eigenvalue weighted by Crippen LogP contribution is -2.38. The number of benzene rings is 1. The number of rotatable bonds is 4. The highest BCUT2D eigenvalue weighted by Gasteiger charge is 2.25. The summed E-state index contributed by atoms with van der Waals surface area (Å²) < 4.78 is 0. The Hall–Kier alpha value is -1.35. The number of β-amino-alcohol motifs (C(OH)–C–C–N with tert-alkyl or cyclic N) is 1. The van der Waals surface area contributed by atoms with Crippen LogP contribution in [0.4, 0.5) is 5.69 Å². The van der Waals surface area contributed by atoms with Crippen molar-refractivity contribution in [2.45, 2.75) is 44.6 Å². The number of para-hydroxylation sites is 1. The van der Waals surface area contributed by atoms with Gasteiger partial charge in [-0.25, -0.2) is 0 Å². The summed E-state index contributed by atoms with van der Waals surface area (Å²) in [6, 6.07) is 7.77. The van der Waals surface area contributed by atoms with Crippen LogP contribution in [0.25, 0.3) is 0 Å². The lowest BCUT2D eigenvalue weighted by Gasteiger charge is -2.32. The largest absolute Gasteiger partial charge is 0.391 e. The van der Waals surface area contributed by atoms with E-state index in [4.69, 9.17) is 0 Å². The fourth-order valence-electron chi connectivity index (χ4n) is 3.63. The van der Waals surface area contributed by atoms with E-state index in [1.807, 2.05) is 24.3 Å². The molecule has 1 N–H and O–H groups in total. The van der Waals surface area contributed by atoms with Crippen LogP contribution in [0.2, 0.25) is 0 Å². The van der Waals surface area contributed by atoms with Gasteiger partial charge in [-0.2, -0.15) is 0 Å². The lowest BCUT2D eigenvalue weighted by molar-refractivity contribution is 0.0974. The molecule has 0 saturated heterocycles. The molecule has 1 aromatic carbocycles. The summed E-state index contributed by atoms with van der Waals surface area (Å²) in [6.07, 6.45) is 6.37. The molecule has 1 atom stereocenters. The van der Waals surface area contributed by atoms with E-state index in [1.54, 1.807) is 0 Å². The summed E-state index contributed by atoms with van der Waals surface area (Å²) in [5, 5.41) is 10.3. The molecule has 108 valence electrons. The minimum Gasteiger partial charge on any atom is -0.391 e. The molecule has 0 aromatic heterocycles. The number of fused-ring (bicyclic) bond motifs is 1. The van der Waals surface area contributed by atoms with Crippen molar-refractivity contribution in [3.8, 4) is 0 Å². The Bertz CT molecular complexity index is 480. The maximum Gasteiger partial charge on any atom is 0.166 e. The number of ketones is 1. The van der Waals surface area contributed by atoms with Crippen LogP contribution < -0.4 is 4.90 Å². The monoisotopic (exact) mass is 273 g/mol. The first-order chi connectivity index (χ1) is 9.74. The van der Waals surface area contributed by atoms with Crippen molar-refractivity contribution in [3.05, 3.63) is 29.8 Å². The number of hydrogen-bond acceptors (Lipinski definition) is 3. The number of carbonyl (C=O) groups is 1. The first-order valence-corrected chi connectivity index (χ1v) is 7.79. The number of aliphatic hydroxyl groups excluding tert-OH is 1. The fourth-order valence-corrected chi connectivity index (χ4v) is 3.63. The van der Waals surface area contributed by atoms with Gasteiger partial charge in [-0.15, -0.1) is 0 Å². The lowest BCUT2D eigenvalue weighted by atomic mass is 9.97. The standard InChI is InChI=1S/C17H23NO2/c19-14(11-13-5-1-2-6-13)12-18-10-9-17(20)15-7-3-4-8-16(15)18/h3-4,7-8,13-14,19H,1-2,5-6,9-12H2. The van der Waals surface area contributed by atoms with Gasteiger partial charge in [-0.3, -0.25) is 4.79 Å². The van der Waals surface area contributed by atoms with E-state index >= 15 is 0 Å². The third-order valence-corrected chi connectivity index (χ3v) is 4.67. The number of hydrogen-bond donors (Lipinski definition) is 1. The van der Waals surface area contributed by atoms with E-state index < -0.39 is 0 Å². The molecule has 1 unspecified atom stereocenters. The molecule has 0 spiro atoms. The summed E-state index contributed by atoms with van der Waals surface area (Å²) in [6.45, 7) is 1.39. The Labute approximate surface area is 120 Å². The SMILES string of the molecule is O=C1CCN(CC(O)CC2CCCC2)c2ccccc21. The maximum absolute atomic E-state index is 11.9. The van der Waals surface area contributed by atoms with Crippen LogP contribution in [0.3, 0.4) is 0 Å². The van der Waals surface area contributed by atoms with Gasteiger partial charge in [0.05, 0.1) is 6.10 Å². The van der Waals surface area contributed by atoms with Gasteiger partial charge < -0.3 is 10.0 Å². The van der Waals surface area contributed by atoms with Gasteiger partial charge in [-0.05, 0) is 24.5 Å². The molecule has 1 aromatic rings. The van der Waals surface area contributed by atoms with Crippen LogP contribution in [0, 0.1) is 5.92 Å². The van der Waals surface area contributed by atoms with Crippen LogP contribution in [0.5, 0.6) is 0 Å². The number of aliphatic hydroxyl groups is 1. The average Bonchev–Trinajstić information content (AvgIpc) is 2.95. The van der Waals surface area contributed by atoms with Crippen molar-refractivity contribution in [1.82, 2.24) is 0 Å². The molecule has 1 heterocycles. The smallest absolute Gasteiger partial charge is 0.166 e. The average molecular weight is 273 g/mol. The third-order valence-electron chi connectivity index (χ3n) is 4.67. The Morgan fingerprint density at radius 1 is 1.25 bits per heavy atom. The quantitative estimate of drug-likeness (QED) is 0.916. The van der Waals surface area contributed by atoms with Gasteiger partial charge in [0.2, 0.25) is 0 Å². The van der Waals surface area contributed by atoms with Gasteiger partial charge in [0.15, 0.2) is 5.78 Å². The van der Waals surface area contributed by atoms with Crippen molar-refractivity contribution in [2.75, 3.05) is 18.0 Å². The van der Waals surface area contributed by atoms with E-state index in [-0.39, 0.29) is 11.9 Å². The highest BCUT2D eigenvalue weighted by atomic mass is 16.3. The molecule has 0 amide bonds. The second-order valence-corrected chi connectivity index (χ2v) is 6.18. The van der Waals surface area contributed by atoms with Crippen LogP contribution in [0.1, 0.15) is 48.9 Å². The van der Waals surface area contributed by atoms with E-state index in [1.165, 1.54) is 25.7 Å². The molecular formula is C17H23NO2. The first kappa shape index (κ1) is 13.6. The summed E-state index contributed by atoms with van der Waals surface area (Å²) in [7, 11) is 0. The fraction of sp³-hybridized carbons (Fsp3) is 0.588. The summed E-state index contributed by atoms with van der Waals surface area (Å²) >= 11 is 0. The van der Waals surface area contributed by atoms with Crippen molar-refractivity contribution >= 4 is 11.5 Å². The van der Waals surface area contributed by atoms with Gasteiger partial charge in [-0.1, -0.05) is 37.8 Å². The van der Waals surface area contributed by atoms with E-state index in [2.05, 4.69) is 4.90 Å². The van der Waals surface area contributed by atoms with Crippen molar-refractivity contribution in [1.29, 1.82) is 0 Å². The summed E-state index contributed by atoms with van der Waals surface area (Å²) in [4.78, 5) is 14.1. The molecule has 20 heavy (non-hydrogen) atoms. The predicted molar refractivity (Wildman–Crippen MR) is 80.2 cm³/mol. The molecule has 3 rings (SSSR count). The molecule has 3 nitrogen and oxygen atoms in total. The minimum absolute atomic E-state index is 0.224. The van der Waals surface area contributed by atoms with E-state index in [0.717, 1.165) is 24.2 Å². The zero-order valence-electron chi connectivity index (χ0n) is 11.9. The second kappa shape index (κ2) is 5.96. The van der Waals surface area contributed by atoms with Crippen molar-refractivity contribution < 1.29 is 9.90 Å². The Morgan fingerprint density at radius 3 is 2.80 bits per heavy atom. The molecule has 1 aliphatic heterocycles. The van der Waals surface area contributed by atoms with Crippen LogP contribution in [0.15, 0.2) is 24.3 Å². The number of carbonyl (C=O) groups excluding carboxylic acids is 1.